The molecule has 0 bridgehead atoms. The number of methoxy groups -OCH3 is 1. The molecule has 204 valence electrons. The Hall–Kier alpha value is -3.73. The van der Waals surface area contributed by atoms with Crippen molar-refractivity contribution in [2.75, 3.05) is 26.9 Å². The third-order valence-electron chi connectivity index (χ3n) is 6.61. The van der Waals surface area contributed by atoms with Crippen LogP contribution >= 0.6 is 0 Å². The molecule has 1 aliphatic carbocycles. The van der Waals surface area contributed by atoms with Gasteiger partial charge in [0.05, 0.1) is 13.4 Å². The van der Waals surface area contributed by atoms with E-state index >= 15 is 0 Å². The van der Waals surface area contributed by atoms with E-state index < -0.39 is 6.04 Å². The predicted molar refractivity (Wildman–Crippen MR) is 139 cm³/mol. The zero-order valence-corrected chi connectivity index (χ0v) is 22.0. The highest BCUT2D eigenvalue weighted by molar-refractivity contribution is 5.88. The maximum absolute atomic E-state index is 13.7. The molecule has 1 fully saturated rings. The number of ether oxygens (including phenoxy) is 2. The number of amides is 2. The van der Waals surface area contributed by atoms with Crippen LogP contribution in [-0.2, 0) is 20.9 Å². The molecule has 1 atom stereocenters. The van der Waals surface area contributed by atoms with E-state index in [1.807, 2.05) is 19.1 Å². The van der Waals surface area contributed by atoms with Gasteiger partial charge in [0.25, 0.3) is 5.91 Å². The van der Waals surface area contributed by atoms with Crippen LogP contribution in [0.3, 0.4) is 0 Å². The van der Waals surface area contributed by atoms with Crippen LogP contribution in [-0.4, -0.2) is 69.8 Å². The van der Waals surface area contributed by atoms with Gasteiger partial charge in [-0.2, -0.15) is 4.80 Å². The van der Waals surface area contributed by atoms with Crippen LogP contribution in [0.25, 0.3) is 11.4 Å². The molecular formula is C27H36N6O5. The monoisotopic (exact) mass is 524 g/mol. The van der Waals surface area contributed by atoms with Crippen molar-refractivity contribution >= 4 is 11.8 Å². The lowest BCUT2D eigenvalue weighted by molar-refractivity contribution is -0.143. The summed E-state index contributed by atoms with van der Waals surface area (Å²) in [6, 6.07) is 9.89. The van der Waals surface area contributed by atoms with Crippen molar-refractivity contribution in [3.05, 3.63) is 48.4 Å². The zero-order chi connectivity index (χ0) is 26.7. The molecule has 2 aromatic heterocycles. The van der Waals surface area contributed by atoms with E-state index in [-0.39, 0.29) is 24.4 Å². The molecule has 11 heteroatoms. The molecule has 2 heterocycles. The Morgan fingerprint density at radius 2 is 1.97 bits per heavy atom. The normalized spacial score (nSPS) is 14.7. The molecule has 1 N–H and O–H groups in total. The number of furan rings is 1. The summed E-state index contributed by atoms with van der Waals surface area (Å²) in [5, 5.41) is 15.7. The Bertz CT molecular complexity index is 1140. The molecular weight excluding hydrogens is 488 g/mol. The molecule has 0 spiro atoms. The highest BCUT2D eigenvalue weighted by atomic mass is 16.5. The van der Waals surface area contributed by atoms with Gasteiger partial charge >= 0.3 is 0 Å². The van der Waals surface area contributed by atoms with Crippen LogP contribution in [0.5, 0.6) is 5.75 Å². The molecule has 0 unspecified atom stereocenters. The second kappa shape index (κ2) is 13.7. The first-order chi connectivity index (χ1) is 18.6. The SMILES string of the molecule is CCOCCCN(C(=O)Cn1nnc(-c2ccc(OC)cc2)n1)[C@@H](C(=O)NC1CCCCC1)c1ccco1. The quantitative estimate of drug-likeness (QED) is 0.338. The smallest absolute Gasteiger partial charge is 0.250 e. The van der Waals surface area contributed by atoms with Gasteiger partial charge in [-0.15, -0.1) is 10.2 Å². The number of nitrogens with zero attached hydrogens (tertiary/aromatic N) is 5. The topological polar surface area (TPSA) is 125 Å². The lowest BCUT2D eigenvalue weighted by Gasteiger charge is -2.32. The van der Waals surface area contributed by atoms with Crippen LogP contribution in [0.2, 0.25) is 0 Å². The first-order valence-corrected chi connectivity index (χ1v) is 13.2. The van der Waals surface area contributed by atoms with Crippen molar-refractivity contribution in [3.63, 3.8) is 0 Å². The van der Waals surface area contributed by atoms with Crippen molar-refractivity contribution in [1.82, 2.24) is 30.4 Å². The fourth-order valence-corrected chi connectivity index (χ4v) is 4.65. The van der Waals surface area contributed by atoms with Gasteiger partial charge in [0.15, 0.2) is 6.04 Å². The Labute approximate surface area is 222 Å². The molecule has 0 aliphatic heterocycles. The van der Waals surface area contributed by atoms with Gasteiger partial charge in [-0.3, -0.25) is 9.59 Å². The average Bonchev–Trinajstić information content (AvgIpc) is 3.64. The van der Waals surface area contributed by atoms with Crippen molar-refractivity contribution in [3.8, 4) is 17.1 Å². The number of benzene rings is 1. The number of hydrogen-bond acceptors (Lipinski definition) is 8. The summed E-state index contributed by atoms with van der Waals surface area (Å²) in [6.45, 7) is 3.10. The zero-order valence-electron chi connectivity index (χ0n) is 22.0. The molecule has 4 rings (SSSR count). The summed E-state index contributed by atoms with van der Waals surface area (Å²) in [7, 11) is 1.60. The van der Waals surface area contributed by atoms with Gasteiger partial charge in [0.2, 0.25) is 11.7 Å². The molecule has 11 nitrogen and oxygen atoms in total. The van der Waals surface area contributed by atoms with E-state index in [4.69, 9.17) is 13.9 Å². The first-order valence-electron chi connectivity index (χ1n) is 13.2. The third kappa shape index (κ3) is 7.18. The molecule has 2 amide bonds. The Morgan fingerprint density at radius 3 is 2.66 bits per heavy atom. The van der Waals surface area contributed by atoms with E-state index in [9.17, 15) is 9.59 Å². The number of tetrazole rings is 1. The van der Waals surface area contributed by atoms with Crippen molar-refractivity contribution in [2.24, 2.45) is 0 Å². The summed E-state index contributed by atoms with van der Waals surface area (Å²) in [6.07, 6.45) is 7.30. The lowest BCUT2D eigenvalue weighted by atomic mass is 9.95. The van der Waals surface area contributed by atoms with Crippen LogP contribution in [0.15, 0.2) is 47.1 Å². The van der Waals surface area contributed by atoms with Crippen molar-refractivity contribution < 1.29 is 23.5 Å². The molecule has 1 aromatic carbocycles. The van der Waals surface area contributed by atoms with Gasteiger partial charge in [0, 0.05) is 31.4 Å². The summed E-state index contributed by atoms with van der Waals surface area (Å²) in [5.74, 6) is 0.950. The highest BCUT2D eigenvalue weighted by Gasteiger charge is 2.35. The van der Waals surface area contributed by atoms with Gasteiger partial charge in [-0.25, -0.2) is 0 Å². The molecule has 0 saturated heterocycles. The number of carbonyl (C=O) groups excluding carboxylic acids is 2. The standard InChI is InChI=1S/C27H36N6O5/c1-3-37-17-8-16-32(25(23-11-7-18-38-23)27(35)28-21-9-5-4-6-10-21)24(34)19-33-30-26(29-31-33)20-12-14-22(36-2)15-13-20/h7,11-15,18,21,25H,3-6,8-10,16-17,19H2,1-2H3,(H,28,35)/t25-/m1/s1. The van der Waals surface area contributed by atoms with E-state index in [1.54, 1.807) is 31.4 Å². The van der Waals surface area contributed by atoms with Gasteiger partial charge in [-0.1, -0.05) is 19.3 Å². The number of hydrogen-bond donors (Lipinski definition) is 1. The van der Waals surface area contributed by atoms with Crippen molar-refractivity contribution in [1.29, 1.82) is 0 Å². The fourth-order valence-electron chi connectivity index (χ4n) is 4.65. The highest BCUT2D eigenvalue weighted by Crippen LogP contribution is 2.25. The van der Waals surface area contributed by atoms with Gasteiger partial charge in [-0.05, 0) is 67.8 Å². The third-order valence-corrected chi connectivity index (χ3v) is 6.61. The molecule has 38 heavy (non-hydrogen) atoms. The van der Waals surface area contributed by atoms with Gasteiger partial charge < -0.3 is 24.1 Å². The minimum Gasteiger partial charge on any atom is -0.497 e. The Morgan fingerprint density at radius 1 is 1.18 bits per heavy atom. The molecule has 3 aromatic rings. The van der Waals surface area contributed by atoms with E-state index in [1.165, 1.54) is 22.4 Å². The van der Waals surface area contributed by atoms with Gasteiger partial charge in [0.1, 0.15) is 18.1 Å². The van der Waals surface area contributed by atoms with E-state index in [2.05, 4.69) is 20.7 Å². The molecule has 1 aliphatic rings. The summed E-state index contributed by atoms with van der Waals surface area (Å²) in [5.41, 5.74) is 0.749. The van der Waals surface area contributed by atoms with E-state index in [0.29, 0.717) is 37.8 Å². The van der Waals surface area contributed by atoms with Crippen LogP contribution in [0.1, 0.15) is 57.3 Å². The lowest BCUT2D eigenvalue weighted by Crippen LogP contribution is -2.48. The minimum absolute atomic E-state index is 0.0955. The minimum atomic E-state index is -0.911. The van der Waals surface area contributed by atoms with Crippen LogP contribution < -0.4 is 10.1 Å². The number of rotatable bonds is 13. The predicted octanol–water partition coefficient (Wildman–Crippen LogP) is 3.39. The first kappa shape index (κ1) is 27.3. The van der Waals surface area contributed by atoms with Crippen LogP contribution in [0.4, 0.5) is 0 Å². The van der Waals surface area contributed by atoms with Crippen molar-refractivity contribution in [2.45, 2.75) is 64.1 Å². The average molecular weight is 525 g/mol. The van der Waals surface area contributed by atoms with Crippen LogP contribution in [0, 0.1) is 0 Å². The largest absolute Gasteiger partial charge is 0.497 e. The second-order valence-electron chi connectivity index (χ2n) is 9.27. The fraction of sp³-hybridized carbons (Fsp3) is 0.519. The summed E-state index contributed by atoms with van der Waals surface area (Å²) in [4.78, 5) is 30.0. The number of aromatic nitrogens is 4. The maximum Gasteiger partial charge on any atom is 0.250 e. The number of carbonyl (C=O) groups is 2. The Balaban J connectivity index is 1.53. The maximum atomic E-state index is 13.7. The second-order valence-corrected chi connectivity index (χ2v) is 9.27. The number of nitrogens with one attached hydrogen (secondary N) is 1. The summed E-state index contributed by atoms with van der Waals surface area (Å²) < 4.78 is 16.3. The Kier molecular flexibility index (Phi) is 9.85. The molecule has 0 radical (unpaired) electrons. The summed E-state index contributed by atoms with van der Waals surface area (Å²) >= 11 is 0. The van der Waals surface area contributed by atoms with E-state index in [0.717, 1.165) is 37.0 Å². The molecule has 1 saturated carbocycles.